The number of nitrogens with one attached hydrogen (secondary N) is 2. The highest BCUT2D eigenvalue weighted by atomic mass is 16.5. The second kappa shape index (κ2) is 5.83. The zero-order valence-electron chi connectivity index (χ0n) is 10.9. The van der Waals surface area contributed by atoms with Crippen LogP contribution < -0.4 is 15.9 Å². The van der Waals surface area contributed by atoms with Crippen LogP contribution in [0.2, 0.25) is 0 Å². The molecule has 0 radical (unpaired) electrons. The standard InChI is InChI=1S/C12H13N5O3/c1-7-11(14-12(19)17-15-7)16-13-6-8-4-3-5-9(20-2)10(8)18/h3-6,18H,1-2H3,(H2,14,16,17,19)/b13-6+. The van der Waals surface area contributed by atoms with E-state index in [4.69, 9.17) is 4.74 Å². The monoisotopic (exact) mass is 275 g/mol. The molecule has 104 valence electrons. The number of aryl methyl sites for hydroxylation is 1. The van der Waals surface area contributed by atoms with Crippen molar-refractivity contribution >= 4 is 12.0 Å². The van der Waals surface area contributed by atoms with Gasteiger partial charge in [0.05, 0.1) is 13.3 Å². The predicted octanol–water partition coefficient (Wildman–Crippen LogP) is 0.634. The number of nitrogens with zero attached hydrogens (tertiary/aromatic N) is 3. The molecular formula is C12H13N5O3. The summed E-state index contributed by atoms with van der Waals surface area (Å²) in [6, 6.07) is 5.02. The summed E-state index contributed by atoms with van der Waals surface area (Å²) >= 11 is 0. The van der Waals surface area contributed by atoms with Gasteiger partial charge in [-0.05, 0) is 19.1 Å². The summed E-state index contributed by atoms with van der Waals surface area (Å²) in [7, 11) is 1.46. The van der Waals surface area contributed by atoms with Gasteiger partial charge in [-0.3, -0.25) is 5.43 Å². The number of H-pyrrole nitrogens is 1. The number of hydrazone groups is 1. The Morgan fingerprint density at radius 2 is 2.30 bits per heavy atom. The third-order valence-electron chi connectivity index (χ3n) is 2.50. The summed E-state index contributed by atoms with van der Waals surface area (Å²) in [5, 5.41) is 19.7. The van der Waals surface area contributed by atoms with Crippen LogP contribution in [0.4, 0.5) is 5.82 Å². The molecule has 0 aliphatic rings. The maximum Gasteiger partial charge on any atom is 0.363 e. The third-order valence-corrected chi connectivity index (χ3v) is 2.50. The highest BCUT2D eigenvalue weighted by Crippen LogP contribution is 2.27. The number of ether oxygens (including phenoxy) is 1. The van der Waals surface area contributed by atoms with Gasteiger partial charge < -0.3 is 9.84 Å². The minimum Gasteiger partial charge on any atom is -0.504 e. The lowest BCUT2D eigenvalue weighted by Gasteiger charge is -2.05. The molecular weight excluding hydrogens is 262 g/mol. The molecule has 0 bridgehead atoms. The van der Waals surface area contributed by atoms with Crippen molar-refractivity contribution in [2.24, 2.45) is 5.10 Å². The molecule has 0 saturated heterocycles. The Kier molecular flexibility index (Phi) is 3.94. The fourth-order valence-corrected chi connectivity index (χ4v) is 1.47. The first-order chi connectivity index (χ1) is 9.61. The van der Waals surface area contributed by atoms with E-state index >= 15 is 0 Å². The first-order valence-corrected chi connectivity index (χ1v) is 5.70. The minimum absolute atomic E-state index is 0.0192. The van der Waals surface area contributed by atoms with E-state index in [0.717, 1.165) is 0 Å². The smallest absolute Gasteiger partial charge is 0.363 e. The van der Waals surface area contributed by atoms with Crippen LogP contribution in [-0.4, -0.2) is 33.6 Å². The fraction of sp³-hybridized carbons (Fsp3) is 0.167. The average Bonchev–Trinajstić information content (AvgIpc) is 2.44. The lowest BCUT2D eigenvalue weighted by Crippen LogP contribution is -2.15. The van der Waals surface area contributed by atoms with Gasteiger partial charge in [0, 0.05) is 5.56 Å². The quantitative estimate of drug-likeness (QED) is 0.557. The van der Waals surface area contributed by atoms with Crippen LogP contribution >= 0.6 is 0 Å². The predicted molar refractivity (Wildman–Crippen MR) is 73.3 cm³/mol. The molecule has 1 heterocycles. The molecule has 3 N–H and O–H groups in total. The van der Waals surface area contributed by atoms with Gasteiger partial charge in [-0.25, -0.2) is 9.89 Å². The van der Waals surface area contributed by atoms with Crippen molar-refractivity contribution in [3.8, 4) is 11.5 Å². The number of phenols is 1. The Morgan fingerprint density at radius 3 is 3.05 bits per heavy atom. The van der Waals surface area contributed by atoms with Gasteiger partial charge in [0.25, 0.3) is 0 Å². The maximum atomic E-state index is 11.0. The number of aromatic amines is 1. The van der Waals surface area contributed by atoms with E-state index in [-0.39, 0.29) is 11.6 Å². The molecule has 0 fully saturated rings. The second-order valence-electron chi connectivity index (χ2n) is 3.84. The van der Waals surface area contributed by atoms with Crippen LogP contribution in [0.15, 0.2) is 28.1 Å². The van der Waals surface area contributed by atoms with Crippen molar-refractivity contribution in [1.29, 1.82) is 0 Å². The number of hydrogen-bond acceptors (Lipinski definition) is 7. The lowest BCUT2D eigenvalue weighted by atomic mass is 10.2. The summed E-state index contributed by atoms with van der Waals surface area (Å²) in [4.78, 5) is 14.7. The summed E-state index contributed by atoms with van der Waals surface area (Å²) in [5.74, 6) is 0.572. The van der Waals surface area contributed by atoms with E-state index in [1.165, 1.54) is 13.3 Å². The van der Waals surface area contributed by atoms with E-state index < -0.39 is 5.69 Å². The lowest BCUT2D eigenvalue weighted by molar-refractivity contribution is 0.373. The molecule has 0 aliphatic carbocycles. The first kappa shape index (κ1) is 13.5. The second-order valence-corrected chi connectivity index (χ2v) is 3.84. The van der Waals surface area contributed by atoms with E-state index in [0.29, 0.717) is 17.0 Å². The van der Waals surface area contributed by atoms with Crippen LogP contribution in [0.3, 0.4) is 0 Å². The number of anilines is 1. The number of aromatic nitrogens is 3. The third kappa shape index (κ3) is 2.91. The molecule has 8 nitrogen and oxygen atoms in total. The van der Waals surface area contributed by atoms with E-state index in [2.05, 4.69) is 25.7 Å². The van der Waals surface area contributed by atoms with Gasteiger partial charge in [0.2, 0.25) is 0 Å². The number of phenolic OH excluding ortho intramolecular Hbond substituents is 1. The number of methoxy groups -OCH3 is 1. The van der Waals surface area contributed by atoms with Crippen LogP contribution in [0.25, 0.3) is 0 Å². The van der Waals surface area contributed by atoms with Crippen LogP contribution in [0.5, 0.6) is 11.5 Å². The maximum absolute atomic E-state index is 11.0. The molecule has 0 unspecified atom stereocenters. The number of aromatic hydroxyl groups is 1. The highest BCUT2D eigenvalue weighted by Gasteiger charge is 2.05. The van der Waals surface area contributed by atoms with Gasteiger partial charge in [-0.15, -0.1) is 0 Å². The molecule has 0 atom stereocenters. The van der Waals surface area contributed by atoms with Gasteiger partial charge >= 0.3 is 5.69 Å². The van der Waals surface area contributed by atoms with Crippen molar-refractivity contribution in [2.45, 2.75) is 6.92 Å². The summed E-state index contributed by atoms with van der Waals surface area (Å²) in [6.07, 6.45) is 1.39. The molecule has 0 saturated carbocycles. The fourth-order valence-electron chi connectivity index (χ4n) is 1.47. The largest absolute Gasteiger partial charge is 0.504 e. The van der Waals surface area contributed by atoms with Crippen molar-refractivity contribution in [3.05, 3.63) is 39.9 Å². The summed E-state index contributed by atoms with van der Waals surface area (Å²) in [5.41, 5.74) is 2.98. The van der Waals surface area contributed by atoms with Crippen molar-refractivity contribution in [2.75, 3.05) is 12.5 Å². The van der Waals surface area contributed by atoms with E-state index in [1.54, 1.807) is 25.1 Å². The Hall–Kier alpha value is -2.90. The Labute approximate surface area is 114 Å². The average molecular weight is 275 g/mol. The topological polar surface area (TPSA) is 112 Å². The summed E-state index contributed by atoms with van der Waals surface area (Å²) in [6.45, 7) is 1.67. The molecule has 20 heavy (non-hydrogen) atoms. The molecule has 0 spiro atoms. The normalized spacial score (nSPS) is 10.7. The van der Waals surface area contributed by atoms with Gasteiger partial charge in [-0.2, -0.15) is 15.2 Å². The molecule has 1 aromatic carbocycles. The summed E-state index contributed by atoms with van der Waals surface area (Å²) < 4.78 is 4.99. The van der Waals surface area contributed by atoms with Gasteiger partial charge in [0.1, 0.15) is 5.69 Å². The zero-order chi connectivity index (χ0) is 14.5. The number of rotatable bonds is 4. The van der Waals surface area contributed by atoms with E-state index in [1.807, 2.05) is 0 Å². The Morgan fingerprint density at radius 1 is 1.50 bits per heavy atom. The molecule has 0 amide bonds. The Balaban J connectivity index is 2.18. The minimum atomic E-state index is -0.572. The molecule has 1 aromatic heterocycles. The zero-order valence-corrected chi connectivity index (χ0v) is 10.9. The molecule has 2 rings (SSSR count). The van der Waals surface area contributed by atoms with Crippen LogP contribution in [0.1, 0.15) is 11.3 Å². The molecule has 2 aromatic rings. The van der Waals surface area contributed by atoms with Crippen molar-refractivity contribution < 1.29 is 9.84 Å². The number of para-hydroxylation sites is 1. The van der Waals surface area contributed by atoms with Gasteiger partial charge in [0.15, 0.2) is 17.3 Å². The van der Waals surface area contributed by atoms with E-state index in [9.17, 15) is 9.90 Å². The van der Waals surface area contributed by atoms with Crippen LogP contribution in [-0.2, 0) is 0 Å². The van der Waals surface area contributed by atoms with Crippen molar-refractivity contribution in [3.63, 3.8) is 0 Å². The van der Waals surface area contributed by atoms with Gasteiger partial charge in [-0.1, -0.05) is 6.07 Å². The first-order valence-electron chi connectivity index (χ1n) is 5.70. The molecule has 0 aliphatic heterocycles. The Bertz CT molecular complexity index is 696. The van der Waals surface area contributed by atoms with Crippen LogP contribution in [0, 0.1) is 6.92 Å². The SMILES string of the molecule is COc1cccc(/C=N/Nc2nc(=O)[nH]nc2C)c1O. The molecule has 8 heteroatoms. The number of hydrogen-bond donors (Lipinski definition) is 3. The van der Waals surface area contributed by atoms with Crippen molar-refractivity contribution in [1.82, 2.24) is 15.2 Å². The highest BCUT2D eigenvalue weighted by molar-refractivity contribution is 5.85. The number of benzene rings is 1.